The van der Waals surface area contributed by atoms with E-state index in [-0.39, 0.29) is 19.6 Å². The molecule has 2 unspecified atom stereocenters. The average Bonchev–Trinajstić information content (AvgIpc) is 2.75. The zero-order valence-corrected chi connectivity index (χ0v) is 17.0. The molecule has 0 heterocycles. The van der Waals surface area contributed by atoms with E-state index in [9.17, 15) is 31.5 Å². The highest BCUT2D eigenvalue weighted by Crippen LogP contribution is 2.31. The van der Waals surface area contributed by atoms with Gasteiger partial charge < -0.3 is 18.9 Å². The monoisotopic (exact) mass is 452 g/mol. The van der Waals surface area contributed by atoms with Gasteiger partial charge in [-0.25, -0.2) is 18.0 Å². The molecule has 0 aromatic heterocycles. The third-order valence-corrected chi connectivity index (χ3v) is 3.96. The van der Waals surface area contributed by atoms with Crippen molar-refractivity contribution in [1.82, 2.24) is 0 Å². The Hall–Kier alpha value is -2.71. The highest BCUT2D eigenvalue weighted by molar-refractivity contribution is 5.80. The van der Waals surface area contributed by atoms with Gasteiger partial charge in [-0.15, -0.1) is 12.3 Å². The highest BCUT2D eigenvalue weighted by atomic mass is 19.2. The van der Waals surface area contributed by atoms with E-state index in [2.05, 4.69) is 10.7 Å². The number of esters is 2. The van der Waals surface area contributed by atoms with Crippen molar-refractivity contribution in [3.63, 3.8) is 0 Å². The first kappa shape index (κ1) is 26.3. The molecule has 0 amide bonds. The Balaban J connectivity index is 3.02. The van der Waals surface area contributed by atoms with Gasteiger partial charge in [-0.05, 0) is 20.8 Å². The van der Waals surface area contributed by atoms with Crippen molar-refractivity contribution in [3.05, 3.63) is 29.1 Å². The number of benzene rings is 1. The van der Waals surface area contributed by atoms with Crippen LogP contribution in [0, 0.1) is 46.8 Å². The molecule has 0 fully saturated rings. The van der Waals surface area contributed by atoms with Gasteiger partial charge in [-0.1, -0.05) is 0 Å². The molecule has 0 radical (unpaired) electrons. The maximum Gasteiger partial charge on any atom is 0.334 e. The number of halogens is 5. The summed E-state index contributed by atoms with van der Waals surface area (Å²) < 4.78 is 87.2. The van der Waals surface area contributed by atoms with E-state index < -0.39 is 71.5 Å². The van der Waals surface area contributed by atoms with Crippen LogP contribution in [0.4, 0.5) is 22.0 Å². The Morgan fingerprint density at radius 2 is 1.58 bits per heavy atom. The van der Waals surface area contributed by atoms with Gasteiger partial charge in [0.25, 0.3) is 0 Å². The first-order valence-electron chi connectivity index (χ1n) is 9.03. The smallest absolute Gasteiger partial charge is 0.334 e. The van der Waals surface area contributed by atoms with Crippen LogP contribution in [0.15, 0.2) is 0 Å². The fraction of sp³-hybridized carbons (Fsp3) is 0.500. The summed E-state index contributed by atoms with van der Waals surface area (Å²) in [5.74, 6) is -13.4. The van der Waals surface area contributed by atoms with E-state index in [0.717, 1.165) is 6.92 Å². The van der Waals surface area contributed by atoms with Crippen molar-refractivity contribution in [3.8, 4) is 18.1 Å². The largest absolute Gasteiger partial charge is 0.462 e. The second-order valence-electron chi connectivity index (χ2n) is 6.56. The molecule has 1 aromatic carbocycles. The number of hydrogen-bond donors (Lipinski definition) is 0. The SMILES string of the molecule is C#CCCOC(C)C(=O)OCC(C)(COCC)C(=O)Oc1c(F)c(F)c(F)c(F)c1F. The molecule has 0 N–H and O–H groups in total. The van der Waals surface area contributed by atoms with Crippen LogP contribution in [0.1, 0.15) is 27.2 Å². The lowest BCUT2D eigenvalue weighted by atomic mass is 9.93. The molecular weight excluding hydrogens is 431 g/mol. The molecule has 0 saturated carbocycles. The fourth-order valence-electron chi connectivity index (χ4n) is 2.09. The Bertz CT molecular complexity index is 824. The summed E-state index contributed by atoms with van der Waals surface area (Å²) in [5.41, 5.74) is -1.84. The van der Waals surface area contributed by atoms with Gasteiger partial charge >= 0.3 is 11.9 Å². The van der Waals surface area contributed by atoms with E-state index in [1.165, 1.54) is 6.92 Å². The normalized spacial score (nSPS) is 13.8. The molecule has 0 spiro atoms. The van der Waals surface area contributed by atoms with E-state index >= 15 is 0 Å². The van der Waals surface area contributed by atoms with Crippen molar-refractivity contribution in [1.29, 1.82) is 0 Å². The molecule has 11 heteroatoms. The molecular formula is C20H21F5O6. The maximum absolute atomic E-state index is 13.8. The Kier molecular flexibility index (Phi) is 9.87. The van der Waals surface area contributed by atoms with Gasteiger partial charge in [-0.3, -0.25) is 4.79 Å². The summed E-state index contributed by atoms with van der Waals surface area (Å²) in [5, 5.41) is 0. The van der Waals surface area contributed by atoms with Crippen LogP contribution in [0.2, 0.25) is 0 Å². The Morgan fingerprint density at radius 1 is 1.03 bits per heavy atom. The summed E-state index contributed by atoms with van der Waals surface area (Å²) in [6, 6.07) is 0. The summed E-state index contributed by atoms with van der Waals surface area (Å²) in [6.07, 6.45) is 4.26. The van der Waals surface area contributed by atoms with Crippen molar-refractivity contribution in [2.24, 2.45) is 5.41 Å². The Morgan fingerprint density at radius 3 is 2.10 bits per heavy atom. The number of ether oxygens (including phenoxy) is 4. The van der Waals surface area contributed by atoms with Gasteiger partial charge in [0.05, 0.1) is 13.2 Å². The molecule has 0 aliphatic heterocycles. The van der Waals surface area contributed by atoms with Crippen LogP contribution in [0.3, 0.4) is 0 Å². The number of terminal acetylenes is 1. The molecule has 6 nitrogen and oxygen atoms in total. The quantitative estimate of drug-likeness (QED) is 0.0976. The molecule has 31 heavy (non-hydrogen) atoms. The van der Waals surface area contributed by atoms with Gasteiger partial charge in [0.15, 0.2) is 6.10 Å². The van der Waals surface area contributed by atoms with Gasteiger partial charge in [0, 0.05) is 13.0 Å². The van der Waals surface area contributed by atoms with Crippen molar-refractivity contribution in [2.75, 3.05) is 26.4 Å². The zero-order valence-electron chi connectivity index (χ0n) is 17.0. The van der Waals surface area contributed by atoms with Crippen LogP contribution in [0.5, 0.6) is 5.75 Å². The van der Waals surface area contributed by atoms with Crippen LogP contribution in [-0.2, 0) is 23.8 Å². The fourth-order valence-corrected chi connectivity index (χ4v) is 2.09. The second kappa shape index (κ2) is 11.6. The van der Waals surface area contributed by atoms with Crippen LogP contribution >= 0.6 is 0 Å². The topological polar surface area (TPSA) is 71.1 Å². The van der Waals surface area contributed by atoms with Crippen LogP contribution in [-0.4, -0.2) is 44.5 Å². The molecule has 172 valence electrons. The molecule has 1 aromatic rings. The lowest BCUT2D eigenvalue weighted by Crippen LogP contribution is -2.42. The van der Waals surface area contributed by atoms with E-state index in [0.29, 0.717) is 0 Å². The third kappa shape index (κ3) is 6.63. The first-order chi connectivity index (χ1) is 14.5. The summed E-state index contributed by atoms with van der Waals surface area (Å²) in [7, 11) is 0. The van der Waals surface area contributed by atoms with Gasteiger partial charge in [0.2, 0.25) is 34.8 Å². The zero-order chi connectivity index (χ0) is 23.8. The second-order valence-corrected chi connectivity index (χ2v) is 6.56. The lowest BCUT2D eigenvalue weighted by Gasteiger charge is -2.27. The summed E-state index contributed by atoms with van der Waals surface area (Å²) in [4.78, 5) is 24.5. The van der Waals surface area contributed by atoms with E-state index in [1.54, 1.807) is 6.92 Å². The van der Waals surface area contributed by atoms with Gasteiger partial charge in [0.1, 0.15) is 12.0 Å². The minimum Gasteiger partial charge on any atom is -0.462 e. The minimum absolute atomic E-state index is 0.0747. The van der Waals surface area contributed by atoms with Crippen molar-refractivity contribution < 1.29 is 50.5 Å². The number of carbonyl (C=O) groups is 2. The molecule has 0 bridgehead atoms. The summed E-state index contributed by atoms with van der Waals surface area (Å²) >= 11 is 0. The molecule has 0 aliphatic rings. The van der Waals surface area contributed by atoms with Crippen LogP contribution < -0.4 is 4.74 Å². The number of rotatable bonds is 11. The van der Waals surface area contributed by atoms with E-state index in [4.69, 9.17) is 20.6 Å². The predicted molar refractivity (Wildman–Crippen MR) is 96.3 cm³/mol. The average molecular weight is 452 g/mol. The molecule has 1 rings (SSSR count). The van der Waals surface area contributed by atoms with Crippen LogP contribution in [0.25, 0.3) is 0 Å². The third-order valence-electron chi connectivity index (χ3n) is 3.96. The predicted octanol–water partition coefficient (Wildman–Crippen LogP) is 3.30. The highest BCUT2D eigenvalue weighted by Gasteiger charge is 2.40. The Labute approximate surface area is 175 Å². The van der Waals surface area contributed by atoms with Crippen molar-refractivity contribution >= 4 is 11.9 Å². The van der Waals surface area contributed by atoms with Gasteiger partial charge in [-0.2, -0.15) is 8.78 Å². The van der Waals surface area contributed by atoms with E-state index in [1.807, 2.05) is 0 Å². The minimum atomic E-state index is -2.40. The molecule has 0 aliphatic carbocycles. The lowest BCUT2D eigenvalue weighted by molar-refractivity contribution is -0.167. The standard InChI is InChI=1S/C20H21F5O6/c1-5-7-8-29-11(3)18(26)30-10-20(4,9-28-6-2)19(27)31-17-15(24)13(22)12(21)14(23)16(17)25/h1,11H,6-10H2,2-4H3. The number of hydrogen-bond acceptors (Lipinski definition) is 6. The molecule has 2 atom stereocenters. The summed E-state index contributed by atoms with van der Waals surface area (Å²) in [6.45, 7) is 3.14. The number of carbonyl (C=O) groups excluding carboxylic acids is 2. The maximum atomic E-state index is 13.8. The molecule has 0 saturated heterocycles. The first-order valence-corrected chi connectivity index (χ1v) is 9.03. The van der Waals surface area contributed by atoms with Crippen molar-refractivity contribution in [2.45, 2.75) is 33.3 Å².